The molecule has 2 aromatic carbocycles. The van der Waals surface area contributed by atoms with Gasteiger partial charge in [0.1, 0.15) is 0 Å². The molecule has 1 aliphatic heterocycles. The van der Waals surface area contributed by atoms with Gasteiger partial charge in [-0.05, 0) is 49.1 Å². The van der Waals surface area contributed by atoms with Crippen molar-refractivity contribution >= 4 is 21.6 Å². The Kier molecular flexibility index (Phi) is 5.82. The highest BCUT2D eigenvalue weighted by Gasteiger charge is 2.29. The molecule has 144 valence electrons. The Morgan fingerprint density at radius 3 is 2.63 bits per heavy atom. The van der Waals surface area contributed by atoms with Crippen molar-refractivity contribution in [1.82, 2.24) is 4.90 Å². The summed E-state index contributed by atoms with van der Waals surface area (Å²) < 4.78 is 27.5. The van der Waals surface area contributed by atoms with Crippen LogP contribution in [0.1, 0.15) is 30.1 Å². The molecule has 0 spiro atoms. The zero-order valence-electron chi connectivity index (χ0n) is 15.3. The number of carbonyl (C=O) groups excluding carboxylic acids is 1. The lowest BCUT2D eigenvalue weighted by atomic mass is 9.92. The molecule has 0 radical (unpaired) electrons. The predicted molar refractivity (Wildman–Crippen MR) is 106 cm³/mol. The number of nitrogens with two attached hydrogens (primary N) is 1. The number of rotatable bonds is 5. The molecule has 2 unspecified atom stereocenters. The van der Waals surface area contributed by atoms with Gasteiger partial charge in [-0.1, -0.05) is 31.2 Å². The van der Waals surface area contributed by atoms with Gasteiger partial charge >= 0.3 is 0 Å². The van der Waals surface area contributed by atoms with Gasteiger partial charge in [0.15, 0.2) is 0 Å². The number of piperidine rings is 1. The highest BCUT2D eigenvalue weighted by Crippen LogP contribution is 2.25. The summed E-state index contributed by atoms with van der Waals surface area (Å²) in [7, 11) is -3.70. The first-order valence-electron chi connectivity index (χ1n) is 9.09. The van der Waals surface area contributed by atoms with Crippen LogP contribution in [0.25, 0.3) is 0 Å². The fourth-order valence-corrected chi connectivity index (χ4v) is 4.51. The molecule has 1 heterocycles. The number of benzene rings is 2. The lowest BCUT2D eigenvalue weighted by Gasteiger charge is -2.38. The van der Waals surface area contributed by atoms with Crippen molar-refractivity contribution in [3.05, 3.63) is 60.2 Å². The number of anilines is 1. The highest BCUT2D eigenvalue weighted by molar-refractivity contribution is 7.92. The average Bonchev–Trinajstić information content (AvgIpc) is 2.68. The lowest BCUT2D eigenvalue weighted by molar-refractivity contribution is 0.0573. The predicted octanol–water partition coefficient (Wildman–Crippen LogP) is 2.69. The monoisotopic (exact) mass is 387 g/mol. The third kappa shape index (κ3) is 4.48. The summed E-state index contributed by atoms with van der Waals surface area (Å²) in [4.78, 5) is 14.9. The normalized spacial score (nSPS) is 20.3. The van der Waals surface area contributed by atoms with Crippen LogP contribution < -0.4 is 10.5 Å². The Bertz CT molecular complexity index is 900. The van der Waals surface area contributed by atoms with Crippen LogP contribution in [0.4, 0.5) is 5.69 Å². The smallest absolute Gasteiger partial charge is 0.261 e. The fourth-order valence-electron chi connectivity index (χ4n) is 3.44. The number of likely N-dealkylation sites (tertiary alicyclic amines) is 1. The molecule has 0 bridgehead atoms. The standard InChI is InChI=1S/C20H25N3O3S/c1-15-10-11-23(18(12-15)14-21)20(24)16-6-5-7-17(13-16)22-27(25,26)19-8-3-2-4-9-19/h2-9,13,15,18,22H,10-12,14,21H2,1H3. The molecule has 7 heteroatoms. The van der Waals surface area contributed by atoms with Crippen LogP contribution in [0.3, 0.4) is 0 Å². The Balaban J connectivity index is 1.80. The van der Waals surface area contributed by atoms with Crippen molar-refractivity contribution in [2.75, 3.05) is 17.8 Å². The van der Waals surface area contributed by atoms with E-state index in [0.717, 1.165) is 12.8 Å². The van der Waals surface area contributed by atoms with Crippen molar-refractivity contribution in [2.45, 2.75) is 30.7 Å². The summed E-state index contributed by atoms with van der Waals surface area (Å²) in [5, 5.41) is 0. The molecule has 0 aromatic heterocycles. The van der Waals surface area contributed by atoms with Crippen molar-refractivity contribution in [3.8, 4) is 0 Å². The maximum atomic E-state index is 13.0. The fraction of sp³-hybridized carbons (Fsp3) is 0.350. The number of amides is 1. The van der Waals surface area contributed by atoms with Crippen LogP contribution in [-0.4, -0.2) is 38.4 Å². The Morgan fingerprint density at radius 1 is 1.19 bits per heavy atom. The number of nitrogens with one attached hydrogen (secondary N) is 1. The molecule has 0 saturated carbocycles. The molecule has 3 rings (SSSR count). The van der Waals surface area contributed by atoms with Crippen LogP contribution in [0, 0.1) is 5.92 Å². The third-order valence-corrected chi connectivity index (χ3v) is 6.32. The largest absolute Gasteiger partial charge is 0.334 e. The van der Waals surface area contributed by atoms with Crippen molar-refractivity contribution in [3.63, 3.8) is 0 Å². The van der Waals surface area contributed by atoms with Gasteiger partial charge in [0.2, 0.25) is 0 Å². The van der Waals surface area contributed by atoms with Gasteiger partial charge in [0, 0.05) is 30.4 Å². The van der Waals surface area contributed by atoms with E-state index < -0.39 is 10.0 Å². The second kappa shape index (κ2) is 8.10. The highest BCUT2D eigenvalue weighted by atomic mass is 32.2. The molecule has 1 fully saturated rings. The van der Waals surface area contributed by atoms with Gasteiger partial charge in [-0.15, -0.1) is 0 Å². The van der Waals surface area contributed by atoms with E-state index in [0.29, 0.717) is 30.3 Å². The minimum atomic E-state index is -3.70. The number of hydrogen-bond donors (Lipinski definition) is 2. The summed E-state index contributed by atoms with van der Waals surface area (Å²) in [6.45, 7) is 3.27. The van der Waals surface area contributed by atoms with Crippen LogP contribution in [0.15, 0.2) is 59.5 Å². The molecule has 3 N–H and O–H groups in total. The number of carbonyl (C=O) groups is 1. The maximum Gasteiger partial charge on any atom is 0.261 e. The minimum Gasteiger partial charge on any atom is -0.334 e. The first-order valence-corrected chi connectivity index (χ1v) is 10.6. The second-order valence-electron chi connectivity index (χ2n) is 7.02. The number of sulfonamides is 1. The van der Waals surface area contributed by atoms with Crippen LogP contribution in [-0.2, 0) is 10.0 Å². The summed E-state index contributed by atoms with van der Waals surface area (Å²) in [5.74, 6) is 0.435. The van der Waals surface area contributed by atoms with Gasteiger partial charge < -0.3 is 10.6 Å². The van der Waals surface area contributed by atoms with Crippen LogP contribution >= 0.6 is 0 Å². The van der Waals surface area contributed by atoms with Gasteiger partial charge in [-0.25, -0.2) is 8.42 Å². The molecule has 1 aliphatic rings. The van der Waals surface area contributed by atoms with Crippen LogP contribution in [0.5, 0.6) is 0 Å². The quantitative estimate of drug-likeness (QED) is 0.825. The SMILES string of the molecule is CC1CCN(C(=O)c2cccc(NS(=O)(=O)c3ccccc3)c2)C(CN)C1. The van der Waals surface area contributed by atoms with E-state index in [-0.39, 0.29) is 16.8 Å². The first kappa shape index (κ1) is 19.4. The molecule has 1 saturated heterocycles. The molecule has 2 atom stereocenters. The molecule has 6 nitrogen and oxygen atoms in total. The number of nitrogens with zero attached hydrogens (tertiary/aromatic N) is 1. The van der Waals surface area contributed by atoms with Crippen molar-refractivity contribution in [1.29, 1.82) is 0 Å². The molecular formula is C20H25N3O3S. The molecule has 0 aliphatic carbocycles. The van der Waals surface area contributed by atoms with Gasteiger partial charge in [-0.3, -0.25) is 9.52 Å². The van der Waals surface area contributed by atoms with E-state index in [1.54, 1.807) is 42.5 Å². The lowest BCUT2D eigenvalue weighted by Crippen LogP contribution is -2.49. The van der Waals surface area contributed by atoms with Crippen molar-refractivity contribution in [2.24, 2.45) is 11.7 Å². The van der Waals surface area contributed by atoms with E-state index >= 15 is 0 Å². The van der Waals surface area contributed by atoms with E-state index in [9.17, 15) is 13.2 Å². The maximum absolute atomic E-state index is 13.0. The van der Waals surface area contributed by atoms with Gasteiger partial charge in [0.05, 0.1) is 4.90 Å². The summed E-state index contributed by atoms with van der Waals surface area (Å²) in [6.07, 6.45) is 1.84. The Morgan fingerprint density at radius 2 is 1.93 bits per heavy atom. The van der Waals surface area contributed by atoms with Crippen molar-refractivity contribution < 1.29 is 13.2 Å². The third-order valence-electron chi connectivity index (χ3n) is 4.93. The molecule has 2 aromatic rings. The Hall–Kier alpha value is -2.38. The zero-order chi connectivity index (χ0) is 19.4. The van der Waals surface area contributed by atoms with Gasteiger partial charge in [-0.2, -0.15) is 0 Å². The molecule has 1 amide bonds. The topological polar surface area (TPSA) is 92.5 Å². The van der Waals surface area contributed by atoms with E-state index in [1.165, 1.54) is 12.1 Å². The Labute approximate surface area is 160 Å². The van der Waals surface area contributed by atoms with Crippen LogP contribution in [0.2, 0.25) is 0 Å². The zero-order valence-corrected chi connectivity index (χ0v) is 16.2. The average molecular weight is 388 g/mol. The number of hydrogen-bond acceptors (Lipinski definition) is 4. The van der Waals surface area contributed by atoms with E-state index in [4.69, 9.17) is 5.73 Å². The summed E-state index contributed by atoms with van der Waals surface area (Å²) in [6, 6.07) is 14.8. The van der Waals surface area contributed by atoms with E-state index in [1.807, 2.05) is 4.90 Å². The molecular weight excluding hydrogens is 362 g/mol. The summed E-state index contributed by atoms with van der Waals surface area (Å²) >= 11 is 0. The van der Waals surface area contributed by atoms with Gasteiger partial charge in [0.25, 0.3) is 15.9 Å². The minimum absolute atomic E-state index is 0.0194. The first-order chi connectivity index (χ1) is 12.9. The summed E-state index contributed by atoms with van der Waals surface area (Å²) in [5.41, 5.74) is 6.68. The second-order valence-corrected chi connectivity index (χ2v) is 8.70. The molecule has 27 heavy (non-hydrogen) atoms. The van der Waals surface area contributed by atoms with E-state index in [2.05, 4.69) is 11.6 Å².